The Morgan fingerprint density at radius 3 is 2.47 bits per heavy atom. The van der Waals surface area contributed by atoms with Crippen LogP contribution in [0, 0.1) is 11.3 Å². The summed E-state index contributed by atoms with van der Waals surface area (Å²) in [5.74, 6) is 0.542. The molecule has 0 saturated heterocycles. The lowest BCUT2D eigenvalue weighted by atomic mass is 10.1. The quantitative estimate of drug-likeness (QED) is 0.562. The van der Waals surface area contributed by atoms with E-state index in [2.05, 4.69) is 35.1 Å². The summed E-state index contributed by atoms with van der Waals surface area (Å²) >= 11 is 3.41. The van der Waals surface area contributed by atoms with Crippen LogP contribution in [0.2, 0.25) is 0 Å². The van der Waals surface area contributed by atoms with Gasteiger partial charge >= 0.3 is 0 Å². The summed E-state index contributed by atoms with van der Waals surface area (Å²) in [5, 5.41) is 4.12. The third-order valence-corrected chi connectivity index (χ3v) is 3.75. The van der Waals surface area contributed by atoms with Crippen LogP contribution < -0.4 is 5.32 Å². The number of carbonyl (C=O) groups excluding carboxylic acids is 1. The number of halogens is 1. The van der Waals surface area contributed by atoms with E-state index in [0.29, 0.717) is 0 Å². The molecule has 2 nitrogen and oxygen atoms in total. The van der Waals surface area contributed by atoms with E-state index >= 15 is 0 Å². The molecule has 1 atom stereocenters. The average molecular weight is 276 g/mol. The van der Waals surface area contributed by atoms with Crippen molar-refractivity contribution >= 4 is 21.8 Å². The van der Waals surface area contributed by atoms with E-state index in [9.17, 15) is 4.79 Å². The van der Waals surface area contributed by atoms with Crippen molar-refractivity contribution in [1.29, 1.82) is 0 Å². The Hall–Kier alpha value is -0.0500. The van der Waals surface area contributed by atoms with Crippen molar-refractivity contribution in [2.24, 2.45) is 11.3 Å². The molecule has 15 heavy (non-hydrogen) atoms. The van der Waals surface area contributed by atoms with E-state index in [1.807, 2.05) is 0 Å². The van der Waals surface area contributed by atoms with E-state index in [0.717, 1.165) is 24.7 Å². The fraction of sp³-hybridized carbons (Fsp3) is 0.917. The van der Waals surface area contributed by atoms with Gasteiger partial charge in [-0.15, -0.1) is 0 Å². The van der Waals surface area contributed by atoms with Crippen molar-refractivity contribution in [2.75, 3.05) is 11.9 Å². The molecule has 1 saturated carbocycles. The Bertz CT molecular complexity index is 216. The van der Waals surface area contributed by atoms with Gasteiger partial charge < -0.3 is 5.32 Å². The monoisotopic (exact) mass is 275 g/mol. The maximum Gasteiger partial charge on any atom is 0.223 e. The topological polar surface area (TPSA) is 29.1 Å². The zero-order chi connectivity index (χ0) is 11.3. The molecule has 1 fully saturated rings. The predicted octanol–water partition coefficient (Wildman–Crippen LogP) is 3.10. The highest BCUT2D eigenvalue weighted by molar-refractivity contribution is 9.09. The van der Waals surface area contributed by atoms with Crippen molar-refractivity contribution in [1.82, 2.24) is 5.32 Å². The number of rotatable bonds is 7. The summed E-state index contributed by atoms with van der Waals surface area (Å²) in [7, 11) is 0. The molecule has 1 amide bonds. The van der Waals surface area contributed by atoms with Crippen LogP contribution in [0.15, 0.2) is 0 Å². The summed E-state index contributed by atoms with van der Waals surface area (Å²) in [6.45, 7) is 5.17. The van der Waals surface area contributed by atoms with Gasteiger partial charge in [0.1, 0.15) is 0 Å². The minimum absolute atomic E-state index is 0.264. The summed E-state index contributed by atoms with van der Waals surface area (Å²) in [4.78, 5) is 11.6. The Morgan fingerprint density at radius 1 is 1.33 bits per heavy atom. The fourth-order valence-electron chi connectivity index (χ4n) is 1.82. The standard InChI is InChI=1S/C12H22BrNO/c1-12(2)9-10(12)11(15)14-8-6-4-3-5-7-13/h10H,3-9H2,1-2H3,(H,14,15). The van der Waals surface area contributed by atoms with Crippen LogP contribution in [-0.4, -0.2) is 17.8 Å². The molecular weight excluding hydrogens is 254 g/mol. The molecule has 1 unspecified atom stereocenters. The van der Waals surface area contributed by atoms with Gasteiger partial charge in [0.2, 0.25) is 5.91 Å². The van der Waals surface area contributed by atoms with E-state index in [4.69, 9.17) is 0 Å². The zero-order valence-electron chi connectivity index (χ0n) is 9.81. The van der Waals surface area contributed by atoms with E-state index in [1.54, 1.807) is 0 Å². The van der Waals surface area contributed by atoms with Gasteiger partial charge in [-0.2, -0.15) is 0 Å². The molecule has 0 aliphatic heterocycles. The van der Waals surface area contributed by atoms with Crippen LogP contribution in [0.25, 0.3) is 0 Å². The first kappa shape index (κ1) is 13.0. The van der Waals surface area contributed by atoms with Crippen LogP contribution in [0.1, 0.15) is 46.0 Å². The first-order chi connectivity index (χ1) is 7.08. The minimum atomic E-state index is 0.264. The number of hydrogen-bond donors (Lipinski definition) is 1. The van der Waals surface area contributed by atoms with Gasteiger partial charge in [-0.1, -0.05) is 42.6 Å². The van der Waals surface area contributed by atoms with Crippen molar-refractivity contribution in [3.63, 3.8) is 0 Å². The second kappa shape index (κ2) is 5.88. The smallest absolute Gasteiger partial charge is 0.223 e. The molecule has 0 radical (unpaired) electrons. The molecule has 0 bridgehead atoms. The van der Waals surface area contributed by atoms with Crippen molar-refractivity contribution in [3.8, 4) is 0 Å². The molecule has 0 heterocycles. The molecule has 1 N–H and O–H groups in total. The highest BCUT2D eigenvalue weighted by atomic mass is 79.9. The Labute approximate surface area is 101 Å². The lowest BCUT2D eigenvalue weighted by Crippen LogP contribution is -2.27. The molecule has 0 aromatic heterocycles. The number of carbonyl (C=O) groups is 1. The molecule has 0 spiro atoms. The third-order valence-electron chi connectivity index (χ3n) is 3.19. The average Bonchev–Trinajstić information content (AvgIpc) is 2.81. The SMILES string of the molecule is CC1(C)CC1C(=O)NCCCCCCBr. The Morgan fingerprint density at radius 2 is 1.93 bits per heavy atom. The number of alkyl halides is 1. The van der Waals surface area contributed by atoms with Gasteiger partial charge in [0.25, 0.3) is 0 Å². The highest BCUT2D eigenvalue weighted by Crippen LogP contribution is 2.51. The lowest BCUT2D eigenvalue weighted by Gasteiger charge is -2.06. The van der Waals surface area contributed by atoms with E-state index in [1.165, 1.54) is 19.3 Å². The van der Waals surface area contributed by atoms with Crippen LogP contribution >= 0.6 is 15.9 Å². The molecule has 0 aromatic rings. The van der Waals surface area contributed by atoms with Crippen LogP contribution in [-0.2, 0) is 4.79 Å². The Balaban J connectivity index is 1.94. The highest BCUT2D eigenvalue weighted by Gasteiger charge is 2.50. The molecule has 1 aliphatic carbocycles. The number of hydrogen-bond acceptors (Lipinski definition) is 1. The normalized spacial score (nSPS) is 22.5. The maximum atomic E-state index is 11.6. The molecule has 1 rings (SSSR count). The second-order valence-corrected chi connectivity index (χ2v) is 5.93. The number of amides is 1. The van der Waals surface area contributed by atoms with Crippen LogP contribution in [0.3, 0.4) is 0 Å². The van der Waals surface area contributed by atoms with Gasteiger partial charge in [0.15, 0.2) is 0 Å². The van der Waals surface area contributed by atoms with Crippen LogP contribution in [0.5, 0.6) is 0 Å². The van der Waals surface area contributed by atoms with Gasteiger partial charge in [-0.25, -0.2) is 0 Å². The first-order valence-electron chi connectivity index (χ1n) is 5.91. The van der Waals surface area contributed by atoms with Crippen molar-refractivity contribution in [2.45, 2.75) is 46.0 Å². The molecule has 0 aromatic carbocycles. The zero-order valence-corrected chi connectivity index (χ0v) is 11.4. The van der Waals surface area contributed by atoms with Gasteiger partial charge in [-0.05, 0) is 24.7 Å². The lowest BCUT2D eigenvalue weighted by molar-refractivity contribution is -0.122. The van der Waals surface area contributed by atoms with Crippen molar-refractivity contribution < 1.29 is 4.79 Å². The number of nitrogens with one attached hydrogen (secondary N) is 1. The minimum Gasteiger partial charge on any atom is -0.356 e. The summed E-state index contributed by atoms with van der Waals surface area (Å²) in [5.41, 5.74) is 0.264. The summed E-state index contributed by atoms with van der Waals surface area (Å²) in [6.07, 6.45) is 5.90. The van der Waals surface area contributed by atoms with E-state index in [-0.39, 0.29) is 17.2 Å². The van der Waals surface area contributed by atoms with Gasteiger partial charge in [-0.3, -0.25) is 4.79 Å². The van der Waals surface area contributed by atoms with E-state index < -0.39 is 0 Å². The Kier molecular flexibility index (Phi) is 5.10. The molecule has 3 heteroatoms. The first-order valence-corrected chi connectivity index (χ1v) is 7.04. The van der Waals surface area contributed by atoms with Gasteiger partial charge in [0.05, 0.1) is 0 Å². The second-order valence-electron chi connectivity index (χ2n) is 5.14. The molecule has 88 valence electrons. The summed E-state index contributed by atoms with van der Waals surface area (Å²) in [6, 6.07) is 0. The van der Waals surface area contributed by atoms with Crippen LogP contribution in [0.4, 0.5) is 0 Å². The largest absolute Gasteiger partial charge is 0.356 e. The predicted molar refractivity (Wildman–Crippen MR) is 67.2 cm³/mol. The van der Waals surface area contributed by atoms with Crippen molar-refractivity contribution in [3.05, 3.63) is 0 Å². The molecule has 1 aliphatic rings. The fourth-order valence-corrected chi connectivity index (χ4v) is 2.22. The number of unbranched alkanes of at least 4 members (excludes halogenated alkanes) is 3. The third kappa shape index (κ3) is 4.54. The van der Waals surface area contributed by atoms with Gasteiger partial charge in [0, 0.05) is 17.8 Å². The maximum absolute atomic E-state index is 11.6. The summed E-state index contributed by atoms with van der Waals surface area (Å²) < 4.78 is 0. The molecular formula is C12H22BrNO.